The smallest absolute Gasteiger partial charge is 0.0649 e. The van der Waals surface area contributed by atoms with Crippen molar-refractivity contribution < 1.29 is 0 Å². The summed E-state index contributed by atoms with van der Waals surface area (Å²) >= 11 is 6.01. The van der Waals surface area contributed by atoms with E-state index in [1.165, 1.54) is 35.4 Å². The quantitative estimate of drug-likeness (QED) is 0.366. The molecule has 1 aromatic heterocycles. The number of para-hydroxylation sites is 1. The molecule has 162 valence electrons. The summed E-state index contributed by atoms with van der Waals surface area (Å²) in [5.74, 6) is 0.455. The van der Waals surface area contributed by atoms with Crippen LogP contribution in [-0.4, -0.2) is 34.3 Å². The van der Waals surface area contributed by atoms with Crippen molar-refractivity contribution in [3.05, 3.63) is 88.7 Å². The van der Waals surface area contributed by atoms with Crippen LogP contribution in [0.15, 0.2) is 66.7 Å². The maximum atomic E-state index is 6.01. The number of aromatic nitrogens is 2. The molecule has 0 amide bonds. The van der Waals surface area contributed by atoms with E-state index in [2.05, 4.69) is 78.0 Å². The molecule has 2 heterocycles. The molecule has 3 nitrogen and oxygen atoms in total. The summed E-state index contributed by atoms with van der Waals surface area (Å²) in [5, 5.41) is 5.72. The first-order valence-corrected chi connectivity index (χ1v) is 11.8. The monoisotopic (exact) mass is 433 g/mol. The molecule has 0 N–H and O–H groups in total. The molecule has 0 unspecified atom stereocenters. The summed E-state index contributed by atoms with van der Waals surface area (Å²) < 4.78 is 2.12. The molecule has 0 atom stereocenters. The Kier molecular flexibility index (Phi) is 7.26. The Hall–Kier alpha value is -2.36. The SMILES string of the molecule is CC(C)c1cc(CCCCN2CC=C(c3ccc(Cl)cc3)CC2)nn1-c1ccccc1. The van der Waals surface area contributed by atoms with E-state index in [1.807, 2.05) is 12.1 Å². The molecule has 1 aliphatic heterocycles. The summed E-state index contributed by atoms with van der Waals surface area (Å²) in [6.07, 6.45) is 6.91. The average Bonchev–Trinajstić information content (AvgIpc) is 3.23. The molecule has 0 spiro atoms. The highest BCUT2D eigenvalue weighted by atomic mass is 35.5. The van der Waals surface area contributed by atoms with Gasteiger partial charge in [-0.25, -0.2) is 4.68 Å². The molecule has 0 aliphatic carbocycles. The van der Waals surface area contributed by atoms with E-state index in [9.17, 15) is 0 Å². The van der Waals surface area contributed by atoms with E-state index in [0.717, 1.165) is 43.2 Å². The van der Waals surface area contributed by atoms with E-state index in [1.54, 1.807) is 0 Å². The number of nitrogens with zero attached hydrogens (tertiary/aromatic N) is 3. The molecule has 0 saturated heterocycles. The summed E-state index contributed by atoms with van der Waals surface area (Å²) in [6, 6.07) is 21.0. The van der Waals surface area contributed by atoms with Crippen LogP contribution in [0.3, 0.4) is 0 Å². The van der Waals surface area contributed by atoms with Gasteiger partial charge in [-0.1, -0.05) is 61.9 Å². The van der Waals surface area contributed by atoms with Gasteiger partial charge in [0, 0.05) is 23.8 Å². The molecule has 0 fully saturated rings. The lowest BCUT2D eigenvalue weighted by Gasteiger charge is -2.26. The number of aryl methyl sites for hydroxylation is 1. The lowest BCUT2D eigenvalue weighted by molar-refractivity contribution is 0.295. The Morgan fingerprint density at radius 1 is 1.00 bits per heavy atom. The van der Waals surface area contributed by atoms with Crippen LogP contribution in [0.25, 0.3) is 11.3 Å². The van der Waals surface area contributed by atoms with Crippen LogP contribution in [0, 0.1) is 0 Å². The van der Waals surface area contributed by atoms with E-state index in [-0.39, 0.29) is 0 Å². The summed E-state index contributed by atoms with van der Waals surface area (Å²) in [5.41, 5.74) is 6.39. The van der Waals surface area contributed by atoms with Crippen LogP contribution in [0.1, 0.15) is 56.0 Å². The minimum atomic E-state index is 0.455. The Balaban J connectivity index is 1.27. The maximum absolute atomic E-state index is 6.01. The highest BCUT2D eigenvalue weighted by Crippen LogP contribution is 2.24. The van der Waals surface area contributed by atoms with Crippen LogP contribution in [0.2, 0.25) is 5.02 Å². The van der Waals surface area contributed by atoms with Crippen molar-refractivity contribution in [2.75, 3.05) is 19.6 Å². The van der Waals surface area contributed by atoms with Crippen LogP contribution in [0.4, 0.5) is 0 Å². The molecular weight excluding hydrogens is 402 g/mol. The molecular formula is C27H32ClN3. The Labute approximate surface area is 191 Å². The van der Waals surface area contributed by atoms with E-state index in [4.69, 9.17) is 16.7 Å². The van der Waals surface area contributed by atoms with Gasteiger partial charge >= 0.3 is 0 Å². The fourth-order valence-corrected chi connectivity index (χ4v) is 4.36. The average molecular weight is 434 g/mol. The predicted octanol–water partition coefficient (Wildman–Crippen LogP) is 6.76. The van der Waals surface area contributed by atoms with Crippen LogP contribution < -0.4 is 0 Å². The standard InChI is InChI=1S/C27H32ClN3/c1-21(2)27-20-25(29-31(27)26-9-4-3-5-10-26)8-6-7-17-30-18-15-23(16-19-30)22-11-13-24(28)14-12-22/h3-5,9-15,20-21H,6-8,16-19H2,1-2H3. The minimum Gasteiger partial charge on any atom is -0.299 e. The molecule has 4 heteroatoms. The second-order valence-electron chi connectivity index (χ2n) is 8.71. The molecule has 0 bridgehead atoms. The molecule has 0 radical (unpaired) electrons. The number of hydrogen-bond acceptors (Lipinski definition) is 2. The third-order valence-electron chi connectivity index (χ3n) is 6.05. The number of unbranched alkanes of at least 4 members (excludes halogenated alkanes) is 1. The van der Waals surface area contributed by atoms with Crippen LogP contribution in [0.5, 0.6) is 0 Å². The van der Waals surface area contributed by atoms with Gasteiger partial charge in [0.2, 0.25) is 0 Å². The molecule has 1 aliphatic rings. The zero-order chi connectivity index (χ0) is 21.6. The second-order valence-corrected chi connectivity index (χ2v) is 9.14. The lowest BCUT2D eigenvalue weighted by atomic mass is 9.99. The third-order valence-corrected chi connectivity index (χ3v) is 6.30. The molecule has 31 heavy (non-hydrogen) atoms. The van der Waals surface area contributed by atoms with Crippen molar-refractivity contribution in [3.8, 4) is 5.69 Å². The minimum absolute atomic E-state index is 0.455. The lowest BCUT2D eigenvalue weighted by Crippen LogP contribution is -2.29. The van der Waals surface area contributed by atoms with Gasteiger partial charge < -0.3 is 0 Å². The summed E-state index contributed by atoms with van der Waals surface area (Å²) in [6.45, 7) is 7.80. The fourth-order valence-electron chi connectivity index (χ4n) is 4.24. The third kappa shape index (κ3) is 5.66. The van der Waals surface area contributed by atoms with Gasteiger partial charge in [0.05, 0.1) is 11.4 Å². The normalized spacial score (nSPS) is 14.8. The number of halogens is 1. The first kappa shape index (κ1) is 21.9. The Bertz CT molecular complexity index is 1000. The largest absolute Gasteiger partial charge is 0.299 e. The van der Waals surface area contributed by atoms with Crippen LogP contribution >= 0.6 is 11.6 Å². The maximum Gasteiger partial charge on any atom is 0.0649 e. The van der Waals surface area contributed by atoms with E-state index >= 15 is 0 Å². The highest BCUT2D eigenvalue weighted by molar-refractivity contribution is 6.30. The van der Waals surface area contributed by atoms with Gasteiger partial charge in [0.15, 0.2) is 0 Å². The van der Waals surface area contributed by atoms with Crippen molar-refractivity contribution in [2.45, 2.75) is 45.4 Å². The van der Waals surface area contributed by atoms with Gasteiger partial charge in [-0.2, -0.15) is 5.10 Å². The molecule has 4 rings (SSSR count). The number of rotatable bonds is 8. The Morgan fingerprint density at radius 2 is 1.77 bits per heavy atom. The fraction of sp³-hybridized carbons (Fsp3) is 0.370. The van der Waals surface area contributed by atoms with Crippen molar-refractivity contribution >= 4 is 17.2 Å². The first-order valence-electron chi connectivity index (χ1n) is 11.4. The summed E-state index contributed by atoms with van der Waals surface area (Å²) in [4.78, 5) is 2.56. The van der Waals surface area contributed by atoms with Crippen molar-refractivity contribution in [1.29, 1.82) is 0 Å². The number of hydrogen-bond donors (Lipinski definition) is 0. The number of benzene rings is 2. The molecule has 3 aromatic rings. The zero-order valence-corrected chi connectivity index (χ0v) is 19.4. The zero-order valence-electron chi connectivity index (χ0n) is 18.6. The van der Waals surface area contributed by atoms with Gasteiger partial charge in [-0.3, -0.25) is 4.90 Å². The highest BCUT2D eigenvalue weighted by Gasteiger charge is 2.14. The van der Waals surface area contributed by atoms with Gasteiger partial charge in [0.25, 0.3) is 0 Å². The summed E-state index contributed by atoms with van der Waals surface area (Å²) in [7, 11) is 0. The molecule has 0 saturated carbocycles. The van der Waals surface area contributed by atoms with E-state index in [0.29, 0.717) is 5.92 Å². The van der Waals surface area contributed by atoms with Gasteiger partial charge in [-0.05, 0) is 79.6 Å². The topological polar surface area (TPSA) is 21.1 Å². The Morgan fingerprint density at radius 3 is 2.45 bits per heavy atom. The first-order chi connectivity index (χ1) is 15.1. The van der Waals surface area contributed by atoms with Crippen molar-refractivity contribution in [1.82, 2.24) is 14.7 Å². The second kappa shape index (κ2) is 10.3. The molecule has 2 aromatic carbocycles. The van der Waals surface area contributed by atoms with Crippen molar-refractivity contribution in [3.63, 3.8) is 0 Å². The van der Waals surface area contributed by atoms with Crippen molar-refractivity contribution in [2.24, 2.45) is 0 Å². The van der Waals surface area contributed by atoms with Crippen LogP contribution in [-0.2, 0) is 6.42 Å². The van der Waals surface area contributed by atoms with E-state index < -0.39 is 0 Å². The predicted molar refractivity (Wildman–Crippen MR) is 131 cm³/mol. The van der Waals surface area contributed by atoms with Gasteiger partial charge in [0.1, 0.15) is 0 Å². The van der Waals surface area contributed by atoms with Gasteiger partial charge in [-0.15, -0.1) is 0 Å².